The molecule has 1 aliphatic heterocycles. The van der Waals surface area contributed by atoms with Crippen LogP contribution in [0.3, 0.4) is 0 Å². The van der Waals surface area contributed by atoms with Crippen molar-refractivity contribution < 1.29 is 9.59 Å². The van der Waals surface area contributed by atoms with Gasteiger partial charge in [0, 0.05) is 31.9 Å². The highest BCUT2D eigenvalue weighted by Crippen LogP contribution is 2.41. The summed E-state index contributed by atoms with van der Waals surface area (Å²) in [4.78, 5) is 41.6. The molecule has 3 heterocycles. The van der Waals surface area contributed by atoms with Crippen molar-refractivity contribution in [1.29, 1.82) is 0 Å². The number of rotatable bonds is 4. The number of amides is 2. The Hall–Kier alpha value is -3.53. The Bertz CT molecular complexity index is 1130. The van der Waals surface area contributed by atoms with E-state index in [9.17, 15) is 9.59 Å². The molecule has 9 nitrogen and oxygen atoms in total. The van der Waals surface area contributed by atoms with Gasteiger partial charge in [-0.05, 0) is 38.1 Å². The second-order valence-electron chi connectivity index (χ2n) is 6.68. The molecule has 154 valence electrons. The fourth-order valence-corrected chi connectivity index (χ4v) is 4.21. The van der Waals surface area contributed by atoms with E-state index in [1.807, 2.05) is 18.7 Å². The fourth-order valence-electron chi connectivity index (χ4n) is 3.24. The molecule has 0 atom stereocenters. The van der Waals surface area contributed by atoms with Crippen molar-refractivity contribution >= 4 is 51.3 Å². The number of fused-ring (bicyclic) bond motifs is 2. The quantitative estimate of drug-likeness (QED) is 0.665. The van der Waals surface area contributed by atoms with E-state index in [-0.39, 0.29) is 11.8 Å². The number of hydrogen-bond donors (Lipinski definition) is 2. The summed E-state index contributed by atoms with van der Waals surface area (Å²) in [5.74, 6) is 0.700. The van der Waals surface area contributed by atoms with Gasteiger partial charge in [-0.25, -0.2) is 9.97 Å². The lowest BCUT2D eigenvalue weighted by Gasteiger charge is -2.22. The smallest absolute Gasteiger partial charge is 0.279 e. The monoisotopic (exact) mass is 423 g/mol. The highest BCUT2D eigenvalue weighted by Gasteiger charge is 2.33. The lowest BCUT2D eigenvalue weighted by molar-refractivity contribution is 0.0961. The number of benzene rings is 1. The third-order valence-electron chi connectivity index (χ3n) is 4.78. The van der Waals surface area contributed by atoms with Gasteiger partial charge in [-0.2, -0.15) is 4.98 Å². The number of aromatic nitrogens is 3. The fraction of sp³-hybridized carbons (Fsp3) is 0.250. The second-order valence-corrected chi connectivity index (χ2v) is 7.86. The molecule has 30 heavy (non-hydrogen) atoms. The summed E-state index contributed by atoms with van der Waals surface area (Å²) in [7, 11) is 3.29. The maximum absolute atomic E-state index is 12.9. The Balaban J connectivity index is 1.71. The van der Waals surface area contributed by atoms with Crippen molar-refractivity contribution in [2.75, 3.05) is 35.8 Å². The van der Waals surface area contributed by atoms with E-state index in [2.05, 4.69) is 20.6 Å². The predicted molar refractivity (Wildman–Crippen MR) is 117 cm³/mol. The van der Waals surface area contributed by atoms with E-state index in [1.165, 1.54) is 16.2 Å². The number of aryl methyl sites for hydroxylation is 1. The van der Waals surface area contributed by atoms with Gasteiger partial charge in [0.05, 0.1) is 11.2 Å². The van der Waals surface area contributed by atoms with Crippen LogP contribution >= 0.6 is 11.3 Å². The number of nitrogens with zero attached hydrogens (tertiary/aromatic N) is 5. The SMILES string of the molecule is CCN1c2nc(Nc3ccc(C(=O)NC)cc3)ncc2N(C)C(=O)c2nc(C)sc21. The zero-order valence-corrected chi connectivity index (χ0v) is 17.9. The molecule has 1 aliphatic rings. The molecule has 0 saturated heterocycles. The van der Waals surface area contributed by atoms with Gasteiger partial charge < -0.3 is 20.4 Å². The molecule has 0 aliphatic carbocycles. The average Bonchev–Trinajstić information content (AvgIpc) is 3.11. The molecule has 2 amide bonds. The average molecular weight is 424 g/mol. The van der Waals surface area contributed by atoms with Crippen LogP contribution in [0.15, 0.2) is 30.5 Å². The maximum atomic E-state index is 12.9. The first-order valence-corrected chi connectivity index (χ1v) is 10.2. The van der Waals surface area contributed by atoms with Crippen molar-refractivity contribution in [1.82, 2.24) is 20.3 Å². The Morgan fingerprint density at radius 3 is 2.60 bits per heavy atom. The summed E-state index contributed by atoms with van der Waals surface area (Å²) in [6.45, 7) is 4.52. The minimum Gasteiger partial charge on any atom is -0.355 e. The molecule has 0 fully saturated rings. The lowest BCUT2D eigenvalue weighted by atomic mass is 10.2. The van der Waals surface area contributed by atoms with E-state index in [1.54, 1.807) is 44.6 Å². The summed E-state index contributed by atoms with van der Waals surface area (Å²) in [6, 6.07) is 7.03. The van der Waals surface area contributed by atoms with Gasteiger partial charge in [0.25, 0.3) is 11.8 Å². The molecule has 4 rings (SSSR count). The Labute approximate surface area is 177 Å². The third-order valence-corrected chi connectivity index (χ3v) is 5.78. The number of thiazole rings is 1. The van der Waals surface area contributed by atoms with Crippen LogP contribution in [0.2, 0.25) is 0 Å². The summed E-state index contributed by atoms with van der Waals surface area (Å²) >= 11 is 1.47. The Kier molecular flexibility index (Phi) is 5.08. The number of carbonyl (C=O) groups excluding carboxylic acids is 2. The molecule has 0 spiro atoms. The van der Waals surface area contributed by atoms with Gasteiger partial charge in [0.2, 0.25) is 5.95 Å². The minimum atomic E-state index is -0.180. The summed E-state index contributed by atoms with van der Waals surface area (Å²) in [6.07, 6.45) is 1.63. The largest absolute Gasteiger partial charge is 0.355 e. The van der Waals surface area contributed by atoms with Gasteiger partial charge in [0.15, 0.2) is 11.5 Å². The molecule has 0 radical (unpaired) electrons. The maximum Gasteiger partial charge on any atom is 0.279 e. The Morgan fingerprint density at radius 1 is 1.20 bits per heavy atom. The van der Waals surface area contributed by atoms with E-state index in [4.69, 9.17) is 4.98 Å². The first kappa shape index (κ1) is 19.8. The normalized spacial score (nSPS) is 12.9. The van der Waals surface area contributed by atoms with E-state index >= 15 is 0 Å². The molecule has 0 unspecified atom stereocenters. The zero-order valence-electron chi connectivity index (χ0n) is 17.1. The first-order chi connectivity index (χ1) is 14.4. The predicted octanol–water partition coefficient (Wildman–Crippen LogP) is 3.09. The van der Waals surface area contributed by atoms with Crippen LogP contribution in [0, 0.1) is 6.92 Å². The third kappa shape index (κ3) is 3.35. The van der Waals surface area contributed by atoms with Gasteiger partial charge in [-0.15, -0.1) is 11.3 Å². The van der Waals surface area contributed by atoms with E-state index < -0.39 is 0 Å². The van der Waals surface area contributed by atoms with E-state index in [0.29, 0.717) is 35.3 Å². The van der Waals surface area contributed by atoms with Gasteiger partial charge in [-0.1, -0.05) is 0 Å². The Morgan fingerprint density at radius 2 is 1.93 bits per heavy atom. The second kappa shape index (κ2) is 7.71. The van der Waals surface area contributed by atoms with Crippen molar-refractivity contribution in [3.05, 3.63) is 46.7 Å². The standard InChI is InChI=1S/C20H21N7O2S/c1-5-27-16-14(26(4)18(29)15-19(27)30-11(2)23-15)10-22-20(25-16)24-13-8-6-12(7-9-13)17(28)21-3/h6-10H,5H2,1-4H3,(H,21,28)(H,22,24,25). The van der Waals surface area contributed by atoms with Crippen LogP contribution in [0.5, 0.6) is 0 Å². The summed E-state index contributed by atoms with van der Waals surface area (Å²) in [5, 5.41) is 7.36. The van der Waals surface area contributed by atoms with Crippen LogP contribution in [-0.2, 0) is 0 Å². The summed E-state index contributed by atoms with van der Waals surface area (Å²) in [5.41, 5.74) is 2.36. The molecule has 2 N–H and O–H groups in total. The first-order valence-electron chi connectivity index (χ1n) is 9.42. The van der Waals surface area contributed by atoms with Crippen molar-refractivity contribution in [2.24, 2.45) is 0 Å². The molecule has 2 aromatic heterocycles. The van der Waals surface area contributed by atoms with E-state index in [0.717, 1.165) is 15.7 Å². The van der Waals surface area contributed by atoms with Crippen LogP contribution in [0.4, 0.5) is 28.1 Å². The summed E-state index contributed by atoms with van der Waals surface area (Å²) < 4.78 is 0. The van der Waals surface area contributed by atoms with Gasteiger partial charge in [-0.3, -0.25) is 9.59 Å². The lowest BCUT2D eigenvalue weighted by Crippen LogP contribution is -2.26. The molecule has 0 saturated carbocycles. The topological polar surface area (TPSA) is 103 Å². The van der Waals surface area contributed by atoms with Crippen molar-refractivity contribution in [3.8, 4) is 0 Å². The highest BCUT2D eigenvalue weighted by atomic mass is 32.1. The molecule has 1 aromatic carbocycles. The molecular weight excluding hydrogens is 402 g/mol. The van der Waals surface area contributed by atoms with Gasteiger partial charge in [0.1, 0.15) is 10.7 Å². The van der Waals surface area contributed by atoms with Crippen LogP contribution in [0.25, 0.3) is 0 Å². The molecular formula is C20H21N7O2S. The number of hydrogen-bond acceptors (Lipinski definition) is 8. The highest BCUT2D eigenvalue weighted by molar-refractivity contribution is 7.16. The van der Waals surface area contributed by atoms with Crippen LogP contribution < -0.4 is 20.4 Å². The zero-order chi connectivity index (χ0) is 21.4. The number of anilines is 5. The van der Waals surface area contributed by atoms with Crippen molar-refractivity contribution in [2.45, 2.75) is 13.8 Å². The molecule has 0 bridgehead atoms. The van der Waals surface area contributed by atoms with Crippen LogP contribution in [-0.4, -0.2) is 47.4 Å². The minimum absolute atomic E-state index is 0.148. The van der Waals surface area contributed by atoms with Crippen molar-refractivity contribution in [3.63, 3.8) is 0 Å². The number of carbonyl (C=O) groups is 2. The van der Waals surface area contributed by atoms with Crippen LogP contribution in [0.1, 0.15) is 32.8 Å². The molecule has 10 heteroatoms. The van der Waals surface area contributed by atoms with Gasteiger partial charge >= 0.3 is 0 Å². The molecule has 3 aromatic rings. The number of nitrogens with one attached hydrogen (secondary N) is 2.